The van der Waals surface area contributed by atoms with E-state index in [1.807, 2.05) is 0 Å². The fraction of sp³-hybridized carbons (Fsp3) is 0.273. The largest absolute Gasteiger partial charge is 0.397 e. The van der Waals surface area contributed by atoms with Crippen LogP contribution in [-0.2, 0) is 11.2 Å². The number of hydrogen-bond donors (Lipinski definition) is 2. The Morgan fingerprint density at radius 2 is 2.40 bits per heavy atom. The van der Waals surface area contributed by atoms with Gasteiger partial charge in [-0.05, 0) is 18.6 Å². The molecule has 80 valence electrons. The maximum Gasteiger partial charge on any atom is 0.226 e. The van der Waals surface area contributed by atoms with Gasteiger partial charge in [0, 0.05) is 12.2 Å². The van der Waals surface area contributed by atoms with Crippen molar-refractivity contribution in [1.82, 2.24) is 10.3 Å². The lowest BCUT2D eigenvalue weighted by Crippen LogP contribution is -2.26. The molecule has 4 heteroatoms. The predicted molar refractivity (Wildman–Crippen MR) is 60.2 cm³/mol. The topological polar surface area (TPSA) is 68.0 Å². The maximum atomic E-state index is 11.4. The summed E-state index contributed by atoms with van der Waals surface area (Å²) in [7, 11) is 0. The van der Waals surface area contributed by atoms with E-state index in [0.717, 1.165) is 12.1 Å². The van der Waals surface area contributed by atoms with Crippen LogP contribution in [0.3, 0.4) is 0 Å². The van der Waals surface area contributed by atoms with Crippen molar-refractivity contribution in [1.29, 1.82) is 0 Å². The Labute approximate surface area is 89.2 Å². The molecule has 0 aliphatic rings. The Kier molecular flexibility index (Phi) is 4.34. The molecular formula is C11H15N3O. The summed E-state index contributed by atoms with van der Waals surface area (Å²) in [6, 6.07) is 3.49. The molecule has 0 atom stereocenters. The molecule has 1 amide bonds. The summed E-state index contributed by atoms with van der Waals surface area (Å²) in [5.74, 6) is -0.0332. The number of aromatic nitrogens is 1. The summed E-state index contributed by atoms with van der Waals surface area (Å²) >= 11 is 0. The summed E-state index contributed by atoms with van der Waals surface area (Å²) < 4.78 is 0. The minimum Gasteiger partial charge on any atom is -0.397 e. The Bertz CT molecular complexity index is 332. The SMILES string of the molecule is C=CCCNC(=O)Cc1ccc(N)cn1. The first-order valence-corrected chi connectivity index (χ1v) is 4.80. The van der Waals surface area contributed by atoms with E-state index in [1.54, 1.807) is 24.4 Å². The molecule has 1 rings (SSSR count). The molecule has 0 spiro atoms. The van der Waals surface area contributed by atoms with Crippen LogP contribution in [0.1, 0.15) is 12.1 Å². The molecule has 0 aliphatic carbocycles. The Hall–Kier alpha value is -1.84. The van der Waals surface area contributed by atoms with Crippen LogP contribution in [0.5, 0.6) is 0 Å². The second-order valence-electron chi connectivity index (χ2n) is 3.19. The first-order chi connectivity index (χ1) is 7.22. The quantitative estimate of drug-likeness (QED) is 0.554. The van der Waals surface area contributed by atoms with Crippen molar-refractivity contribution in [3.63, 3.8) is 0 Å². The van der Waals surface area contributed by atoms with Gasteiger partial charge in [-0.15, -0.1) is 6.58 Å². The number of carbonyl (C=O) groups is 1. The molecule has 1 aromatic rings. The van der Waals surface area contributed by atoms with Crippen LogP contribution in [-0.4, -0.2) is 17.4 Å². The molecule has 3 N–H and O–H groups in total. The summed E-state index contributed by atoms with van der Waals surface area (Å²) in [6.45, 7) is 4.20. The molecule has 0 saturated carbocycles. The third kappa shape index (κ3) is 4.26. The molecule has 0 aliphatic heterocycles. The van der Waals surface area contributed by atoms with Gasteiger partial charge in [-0.25, -0.2) is 0 Å². The van der Waals surface area contributed by atoms with Gasteiger partial charge < -0.3 is 11.1 Å². The summed E-state index contributed by atoms with van der Waals surface area (Å²) in [4.78, 5) is 15.4. The molecule has 1 heterocycles. The van der Waals surface area contributed by atoms with Gasteiger partial charge in [-0.3, -0.25) is 9.78 Å². The van der Waals surface area contributed by atoms with Crippen LogP contribution in [0.2, 0.25) is 0 Å². The fourth-order valence-corrected chi connectivity index (χ4v) is 1.08. The first-order valence-electron chi connectivity index (χ1n) is 4.80. The highest BCUT2D eigenvalue weighted by atomic mass is 16.1. The fourth-order valence-electron chi connectivity index (χ4n) is 1.08. The monoisotopic (exact) mass is 205 g/mol. The van der Waals surface area contributed by atoms with Gasteiger partial charge in [-0.2, -0.15) is 0 Å². The Balaban J connectivity index is 2.37. The molecule has 4 nitrogen and oxygen atoms in total. The van der Waals surface area contributed by atoms with Crippen molar-refractivity contribution in [3.05, 3.63) is 36.7 Å². The van der Waals surface area contributed by atoms with Crippen LogP contribution in [0.25, 0.3) is 0 Å². The van der Waals surface area contributed by atoms with E-state index in [0.29, 0.717) is 12.2 Å². The van der Waals surface area contributed by atoms with Crippen molar-refractivity contribution in [2.45, 2.75) is 12.8 Å². The van der Waals surface area contributed by atoms with Crippen LogP contribution >= 0.6 is 0 Å². The zero-order valence-electron chi connectivity index (χ0n) is 8.57. The van der Waals surface area contributed by atoms with Gasteiger partial charge in [0.25, 0.3) is 0 Å². The molecule has 0 bridgehead atoms. The van der Waals surface area contributed by atoms with Gasteiger partial charge in [0.15, 0.2) is 0 Å². The maximum absolute atomic E-state index is 11.4. The van der Waals surface area contributed by atoms with Crippen LogP contribution in [0.4, 0.5) is 5.69 Å². The van der Waals surface area contributed by atoms with Crippen molar-refractivity contribution in [2.24, 2.45) is 0 Å². The highest BCUT2D eigenvalue weighted by Crippen LogP contribution is 2.01. The third-order valence-corrected chi connectivity index (χ3v) is 1.86. The molecule has 15 heavy (non-hydrogen) atoms. The number of rotatable bonds is 5. The number of carbonyl (C=O) groups excluding carboxylic acids is 1. The minimum atomic E-state index is -0.0332. The standard InChI is InChI=1S/C11H15N3O/c1-2-3-6-13-11(15)7-10-5-4-9(12)8-14-10/h2,4-5,8H,1,3,6-7,12H2,(H,13,15). The Morgan fingerprint density at radius 3 is 3.00 bits per heavy atom. The van der Waals surface area contributed by atoms with E-state index >= 15 is 0 Å². The zero-order chi connectivity index (χ0) is 11.1. The minimum absolute atomic E-state index is 0.0332. The number of amides is 1. The number of pyridine rings is 1. The van der Waals surface area contributed by atoms with Crippen LogP contribution < -0.4 is 11.1 Å². The first kappa shape index (κ1) is 11.2. The zero-order valence-corrected chi connectivity index (χ0v) is 8.57. The van der Waals surface area contributed by atoms with Crippen LogP contribution in [0.15, 0.2) is 31.0 Å². The van der Waals surface area contributed by atoms with Crippen molar-refractivity contribution in [2.75, 3.05) is 12.3 Å². The van der Waals surface area contributed by atoms with E-state index in [9.17, 15) is 4.79 Å². The molecule has 0 radical (unpaired) electrons. The lowest BCUT2D eigenvalue weighted by Gasteiger charge is -2.03. The summed E-state index contributed by atoms with van der Waals surface area (Å²) in [6.07, 6.45) is 4.38. The van der Waals surface area contributed by atoms with E-state index in [4.69, 9.17) is 5.73 Å². The van der Waals surface area contributed by atoms with E-state index < -0.39 is 0 Å². The van der Waals surface area contributed by atoms with Gasteiger partial charge >= 0.3 is 0 Å². The van der Waals surface area contributed by atoms with Gasteiger partial charge in [0.05, 0.1) is 18.3 Å². The number of nitrogens with one attached hydrogen (secondary N) is 1. The normalized spacial score (nSPS) is 9.60. The number of nitrogens with two attached hydrogens (primary N) is 1. The average Bonchev–Trinajstić information content (AvgIpc) is 2.22. The predicted octanol–water partition coefficient (Wildman–Crippen LogP) is 0.899. The van der Waals surface area contributed by atoms with Gasteiger partial charge in [-0.1, -0.05) is 6.08 Å². The number of nitrogen functional groups attached to an aromatic ring is 1. The summed E-state index contributed by atoms with van der Waals surface area (Å²) in [5.41, 5.74) is 6.81. The third-order valence-electron chi connectivity index (χ3n) is 1.86. The van der Waals surface area contributed by atoms with Crippen molar-refractivity contribution in [3.8, 4) is 0 Å². The van der Waals surface area contributed by atoms with Crippen molar-refractivity contribution >= 4 is 11.6 Å². The molecule has 0 unspecified atom stereocenters. The number of nitrogens with zero attached hydrogens (tertiary/aromatic N) is 1. The number of hydrogen-bond acceptors (Lipinski definition) is 3. The van der Waals surface area contributed by atoms with E-state index in [-0.39, 0.29) is 12.3 Å². The summed E-state index contributed by atoms with van der Waals surface area (Å²) in [5, 5.41) is 2.77. The Morgan fingerprint density at radius 1 is 1.60 bits per heavy atom. The van der Waals surface area contributed by atoms with E-state index in [2.05, 4.69) is 16.9 Å². The molecule has 0 fully saturated rings. The molecule has 1 aromatic heterocycles. The van der Waals surface area contributed by atoms with Gasteiger partial charge in [0.1, 0.15) is 0 Å². The second kappa shape index (κ2) is 5.80. The second-order valence-corrected chi connectivity index (χ2v) is 3.19. The smallest absolute Gasteiger partial charge is 0.226 e. The molecular weight excluding hydrogens is 190 g/mol. The van der Waals surface area contributed by atoms with Gasteiger partial charge in [0.2, 0.25) is 5.91 Å². The highest BCUT2D eigenvalue weighted by Gasteiger charge is 2.02. The number of anilines is 1. The average molecular weight is 205 g/mol. The lowest BCUT2D eigenvalue weighted by molar-refractivity contribution is -0.120. The lowest BCUT2D eigenvalue weighted by atomic mass is 10.2. The van der Waals surface area contributed by atoms with Crippen LogP contribution in [0, 0.1) is 0 Å². The van der Waals surface area contributed by atoms with Crippen molar-refractivity contribution < 1.29 is 4.79 Å². The highest BCUT2D eigenvalue weighted by molar-refractivity contribution is 5.78. The molecule has 0 aromatic carbocycles. The van der Waals surface area contributed by atoms with E-state index in [1.165, 1.54) is 0 Å². The molecule has 0 saturated heterocycles.